The van der Waals surface area contributed by atoms with Gasteiger partial charge in [0.05, 0.1) is 0 Å². The molecule has 4 heteroatoms. The first kappa shape index (κ1) is 12.3. The zero-order valence-electron chi connectivity index (χ0n) is 9.38. The zero-order valence-corrected chi connectivity index (χ0v) is 10.1. The third-order valence-electron chi connectivity index (χ3n) is 2.42. The first-order valence-corrected chi connectivity index (χ1v) is 5.67. The molecule has 2 rings (SSSR count). The lowest BCUT2D eigenvalue weighted by Gasteiger charge is -1.99. The Morgan fingerprint density at radius 1 is 1.11 bits per heavy atom. The maximum absolute atomic E-state index is 10.4. The van der Waals surface area contributed by atoms with Gasteiger partial charge in [0.25, 0.3) is 0 Å². The second-order valence-corrected chi connectivity index (χ2v) is 4.16. The first-order valence-electron chi connectivity index (χ1n) is 5.29. The van der Waals surface area contributed by atoms with E-state index in [1.807, 2.05) is 12.1 Å². The molecule has 0 aliphatic carbocycles. The zero-order chi connectivity index (χ0) is 13.0. The molecule has 0 aliphatic rings. The van der Waals surface area contributed by atoms with Crippen molar-refractivity contribution in [3.05, 3.63) is 63.5 Å². The molecular weight excluding hydrogens is 250 g/mol. The monoisotopic (exact) mass is 259 g/mol. The Kier molecular flexibility index (Phi) is 3.75. The van der Waals surface area contributed by atoms with Gasteiger partial charge in [-0.3, -0.25) is 0 Å². The Labute approximate surface area is 109 Å². The van der Waals surface area contributed by atoms with Crippen molar-refractivity contribution in [3.63, 3.8) is 0 Å². The summed E-state index contributed by atoms with van der Waals surface area (Å²) in [4.78, 5) is 10.4. The fourth-order valence-electron chi connectivity index (χ4n) is 1.53. The lowest BCUT2D eigenvalue weighted by molar-refractivity contribution is 0.474. The van der Waals surface area contributed by atoms with Crippen molar-refractivity contribution in [2.45, 2.75) is 0 Å². The van der Waals surface area contributed by atoms with Gasteiger partial charge in [0.2, 0.25) is 0 Å². The van der Waals surface area contributed by atoms with Crippen molar-refractivity contribution < 1.29 is 5.11 Å². The van der Waals surface area contributed by atoms with Crippen LogP contribution in [0.5, 0.6) is 5.75 Å². The molecule has 0 aliphatic heterocycles. The molecule has 0 saturated carbocycles. The molecule has 0 heterocycles. The van der Waals surface area contributed by atoms with E-state index in [9.17, 15) is 10.0 Å². The Bertz CT molecular complexity index is 608. The SMILES string of the molecule is O=Nc1ccc(O)c(/C=C/c2cccc(Cl)c2)c1. The van der Waals surface area contributed by atoms with Crippen LogP contribution >= 0.6 is 11.6 Å². The minimum Gasteiger partial charge on any atom is -0.507 e. The van der Waals surface area contributed by atoms with Crippen LogP contribution in [0.15, 0.2) is 47.6 Å². The fourth-order valence-corrected chi connectivity index (χ4v) is 1.73. The molecule has 90 valence electrons. The predicted molar refractivity (Wildman–Crippen MR) is 73.9 cm³/mol. The standard InChI is InChI=1S/C14H10ClNO2/c15-12-3-1-2-10(8-12)4-5-11-9-13(16-18)6-7-14(11)17/h1-9,17H/b5-4+. The van der Waals surface area contributed by atoms with E-state index in [4.69, 9.17) is 11.6 Å². The normalized spacial score (nSPS) is 10.7. The minimum absolute atomic E-state index is 0.0979. The second kappa shape index (κ2) is 5.47. The number of nitroso groups, excluding NO2 is 1. The third kappa shape index (κ3) is 2.96. The van der Waals surface area contributed by atoms with Gasteiger partial charge in [-0.1, -0.05) is 35.9 Å². The van der Waals surface area contributed by atoms with Gasteiger partial charge in [0.15, 0.2) is 0 Å². The molecular formula is C14H10ClNO2. The Morgan fingerprint density at radius 2 is 1.94 bits per heavy atom. The Morgan fingerprint density at radius 3 is 2.67 bits per heavy atom. The molecule has 0 fully saturated rings. The van der Waals surface area contributed by atoms with Gasteiger partial charge in [0, 0.05) is 10.6 Å². The van der Waals surface area contributed by atoms with Crippen molar-refractivity contribution in [1.82, 2.24) is 0 Å². The van der Waals surface area contributed by atoms with E-state index in [1.54, 1.807) is 24.3 Å². The lowest BCUT2D eigenvalue weighted by Crippen LogP contribution is -1.75. The summed E-state index contributed by atoms with van der Waals surface area (Å²) < 4.78 is 0. The van der Waals surface area contributed by atoms with E-state index in [1.165, 1.54) is 18.2 Å². The van der Waals surface area contributed by atoms with Crippen LogP contribution in [0.3, 0.4) is 0 Å². The first-order chi connectivity index (χ1) is 8.69. The van der Waals surface area contributed by atoms with Crippen molar-refractivity contribution in [3.8, 4) is 5.75 Å². The number of rotatable bonds is 3. The van der Waals surface area contributed by atoms with Crippen LogP contribution in [0.4, 0.5) is 5.69 Å². The molecule has 0 aromatic heterocycles. The van der Waals surface area contributed by atoms with E-state index in [0.29, 0.717) is 10.6 Å². The Hall–Kier alpha value is -2.13. The number of nitrogens with zero attached hydrogens (tertiary/aromatic N) is 1. The van der Waals surface area contributed by atoms with Gasteiger partial charge in [-0.05, 0) is 41.1 Å². The summed E-state index contributed by atoms with van der Waals surface area (Å²) in [6.45, 7) is 0. The van der Waals surface area contributed by atoms with Gasteiger partial charge in [-0.25, -0.2) is 0 Å². The number of halogens is 1. The highest BCUT2D eigenvalue weighted by Gasteiger charge is 1.99. The van der Waals surface area contributed by atoms with Crippen LogP contribution in [0.2, 0.25) is 5.02 Å². The number of phenols is 1. The topological polar surface area (TPSA) is 49.7 Å². The molecule has 1 N–H and O–H groups in total. The van der Waals surface area contributed by atoms with Crippen molar-refractivity contribution in [1.29, 1.82) is 0 Å². The number of aromatic hydroxyl groups is 1. The molecule has 2 aromatic rings. The van der Waals surface area contributed by atoms with Crippen molar-refractivity contribution >= 4 is 29.4 Å². The largest absolute Gasteiger partial charge is 0.507 e. The quantitative estimate of drug-likeness (QED) is 0.646. The van der Waals surface area contributed by atoms with Crippen LogP contribution in [0.1, 0.15) is 11.1 Å². The highest BCUT2D eigenvalue weighted by Crippen LogP contribution is 2.25. The maximum atomic E-state index is 10.4. The summed E-state index contributed by atoms with van der Waals surface area (Å²) >= 11 is 5.87. The van der Waals surface area contributed by atoms with Crippen molar-refractivity contribution in [2.24, 2.45) is 5.18 Å². The summed E-state index contributed by atoms with van der Waals surface area (Å²) in [5, 5.41) is 13.1. The van der Waals surface area contributed by atoms with Crippen LogP contribution in [0.25, 0.3) is 12.2 Å². The summed E-state index contributed by atoms with van der Waals surface area (Å²) in [7, 11) is 0. The smallest absolute Gasteiger partial charge is 0.122 e. The second-order valence-electron chi connectivity index (χ2n) is 3.72. The number of hydrogen-bond acceptors (Lipinski definition) is 3. The number of phenolic OH excluding ortho intramolecular Hbond substituents is 1. The molecule has 3 nitrogen and oxygen atoms in total. The molecule has 2 aromatic carbocycles. The molecule has 0 radical (unpaired) electrons. The van der Waals surface area contributed by atoms with E-state index in [2.05, 4.69) is 5.18 Å². The average Bonchev–Trinajstić information content (AvgIpc) is 2.38. The molecule has 18 heavy (non-hydrogen) atoms. The van der Waals surface area contributed by atoms with E-state index >= 15 is 0 Å². The Balaban J connectivity index is 2.31. The van der Waals surface area contributed by atoms with Crippen molar-refractivity contribution in [2.75, 3.05) is 0 Å². The van der Waals surface area contributed by atoms with E-state index in [-0.39, 0.29) is 11.4 Å². The highest BCUT2D eigenvalue weighted by atomic mass is 35.5. The summed E-state index contributed by atoms with van der Waals surface area (Å²) in [5.74, 6) is 0.0979. The average molecular weight is 260 g/mol. The maximum Gasteiger partial charge on any atom is 0.122 e. The minimum atomic E-state index is 0.0979. The van der Waals surface area contributed by atoms with E-state index in [0.717, 1.165) is 5.56 Å². The van der Waals surface area contributed by atoms with Gasteiger partial charge in [-0.2, -0.15) is 0 Å². The molecule has 0 unspecified atom stereocenters. The summed E-state index contributed by atoms with van der Waals surface area (Å²) in [6.07, 6.45) is 3.51. The van der Waals surface area contributed by atoms with E-state index < -0.39 is 0 Å². The van der Waals surface area contributed by atoms with Gasteiger partial charge >= 0.3 is 0 Å². The summed E-state index contributed by atoms with van der Waals surface area (Å²) in [6, 6.07) is 11.7. The predicted octanol–water partition coefficient (Wildman–Crippen LogP) is 4.61. The van der Waals surface area contributed by atoms with Crippen LogP contribution in [0, 0.1) is 4.91 Å². The molecule has 0 saturated heterocycles. The number of benzene rings is 2. The molecule has 0 atom stereocenters. The van der Waals surface area contributed by atoms with Crippen LogP contribution < -0.4 is 0 Å². The van der Waals surface area contributed by atoms with Gasteiger partial charge in [0.1, 0.15) is 11.4 Å². The highest BCUT2D eigenvalue weighted by molar-refractivity contribution is 6.30. The van der Waals surface area contributed by atoms with Crippen LogP contribution in [-0.2, 0) is 0 Å². The lowest BCUT2D eigenvalue weighted by atomic mass is 10.1. The third-order valence-corrected chi connectivity index (χ3v) is 2.66. The van der Waals surface area contributed by atoms with Crippen LogP contribution in [-0.4, -0.2) is 5.11 Å². The van der Waals surface area contributed by atoms with Gasteiger partial charge < -0.3 is 5.11 Å². The summed E-state index contributed by atoms with van der Waals surface area (Å²) in [5.41, 5.74) is 1.72. The molecule has 0 amide bonds. The van der Waals surface area contributed by atoms with Gasteiger partial charge in [-0.15, -0.1) is 4.91 Å². The fraction of sp³-hybridized carbons (Fsp3) is 0. The number of hydrogen-bond donors (Lipinski definition) is 1. The molecule has 0 spiro atoms. The molecule has 0 bridgehead atoms.